The number of halogens is 2. The Hall–Kier alpha value is -1.55. The van der Waals surface area contributed by atoms with Gasteiger partial charge in [-0.2, -0.15) is 0 Å². The van der Waals surface area contributed by atoms with Gasteiger partial charge in [-0.3, -0.25) is 4.79 Å². The second kappa shape index (κ2) is 7.14. The van der Waals surface area contributed by atoms with Crippen LogP contribution in [0.4, 0.5) is 5.69 Å². The quantitative estimate of drug-likeness (QED) is 0.851. The molecule has 22 heavy (non-hydrogen) atoms. The van der Waals surface area contributed by atoms with Gasteiger partial charge in [-0.25, -0.2) is 0 Å². The van der Waals surface area contributed by atoms with Gasteiger partial charge >= 0.3 is 0 Å². The van der Waals surface area contributed by atoms with E-state index >= 15 is 0 Å². The van der Waals surface area contributed by atoms with Crippen LogP contribution in [0.5, 0.6) is 0 Å². The zero-order valence-electron chi connectivity index (χ0n) is 12.4. The Labute approximate surface area is 139 Å². The Morgan fingerprint density at radius 1 is 1.09 bits per heavy atom. The number of aliphatic hydroxyl groups is 1. The Kier molecular flexibility index (Phi) is 5.46. The third-order valence-corrected chi connectivity index (χ3v) is 3.87. The van der Waals surface area contributed by atoms with Gasteiger partial charge in [0.15, 0.2) is 0 Å². The minimum absolute atomic E-state index is 0.0247. The second-order valence-corrected chi connectivity index (χ2v) is 6.11. The number of rotatable bonds is 4. The zero-order chi connectivity index (χ0) is 16.3. The Balaban J connectivity index is 2.05. The molecule has 3 nitrogen and oxygen atoms in total. The number of carbonyl (C=O) groups excluding carboxylic acids is 1. The third kappa shape index (κ3) is 4.23. The fourth-order valence-electron chi connectivity index (χ4n) is 2.28. The molecule has 2 aromatic rings. The molecule has 0 fully saturated rings. The van der Waals surface area contributed by atoms with Gasteiger partial charge in [0.05, 0.1) is 12.5 Å². The molecule has 0 saturated heterocycles. The van der Waals surface area contributed by atoms with E-state index in [1.54, 1.807) is 36.4 Å². The van der Waals surface area contributed by atoms with E-state index in [0.29, 0.717) is 15.6 Å². The monoisotopic (exact) mass is 337 g/mol. The summed E-state index contributed by atoms with van der Waals surface area (Å²) in [5.41, 5.74) is 3.17. The lowest BCUT2D eigenvalue weighted by Gasteiger charge is -2.15. The summed E-state index contributed by atoms with van der Waals surface area (Å²) in [6, 6.07) is 10.4. The van der Waals surface area contributed by atoms with Gasteiger partial charge in [-0.05, 0) is 54.8 Å². The molecule has 0 aliphatic carbocycles. The maximum Gasteiger partial charge on any atom is 0.227 e. The molecule has 2 rings (SSSR count). The maximum absolute atomic E-state index is 12.1. The first kappa shape index (κ1) is 16.8. The van der Waals surface area contributed by atoms with E-state index in [-0.39, 0.29) is 12.3 Å². The van der Waals surface area contributed by atoms with E-state index in [1.807, 2.05) is 13.8 Å². The molecule has 0 spiro atoms. The first-order valence-electron chi connectivity index (χ1n) is 6.87. The fraction of sp³-hybridized carbons (Fsp3) is 0.235. The van der Waals surface area contributed by atoms with Gasteiger partial charge in [-0.1, -0.05) is 35.3 Å². The van der Waals surface area contributed by atoms with Gasteiger partial charge in [0, 0.05) is 15.7 Å². The Morgan fingerprint density at radius 3 is 2.18 bits per heavy atom. The van der Waals surface area contributed by atoms with Crippen LogP contribution in [0.2, 0.25) is 10.0 Å². The molecule has 1 amide bonds. The van der Waals surface area contributed by atoms with Crippen LogP contribution in [0.25, 0.3) is 0 Å². The van der Waals surface area contributed by atoms with E-state index in [9.17, 15) is 9.90 Å². The van der Waals surface area contributed by atoms with E-state index in [1.165, 1.54) is 0 Å². The summed E-state index contributed by atoms with van der Waals surface area (Å²) in [6.07, 6.45) is -0.895. The molecule has 1 atom stereocenters. The van der Waals surface area contributed by atoms with Gasteiger partial charge in [0.1, 0.15) is 0 Å². The zero-order valence-corrected chi connectivity index (χ0v) is 13.9. The van der Waals surface area contributed by atoms with Crippen molar-refractivity contribution >= 4 is 34.8 Å². The largest absolute Gasteiger partial charge is 0.388 e. The highest BCUT2D eigenvalue weighted by molar-refractivity contribution is 6.31. The number of aliphatic hydroxyl groups excluding tert-OH is 1. The summed E-state index contributed by atoms with van der Waals surface area (Å²) in [5, 5.41) is 14.2. The van der Waals surface area contributed by atoms with Crippen molar-refractivity contribution < 1.29 is 9.90 Å². The van der Waals surface area contributed by atoms with Crippen molar-refractivity contribution in [2.45, 2.75) is 26.4 Å². The van der Waals surface area contributed by atoms with Crippen LogP contribution in [-0.2, 0) is 4.79 Å². The number of nitrogens with one attached hydrogen (secondary N) is 1. The second-order valence-electron chi connectivity index (χ2n) is 5.23. The van der Waals surface area contributed by atoms with Gasteiger partial charge < -0.3 is 10.4 Å². The van der Waals surface area contributed by atoms with Crippen molar-refractivity contribution in [2.24, 2.45) is 0 Å². The minimum atomic E-state index is -0.870. The summed E-state index contributed by atoms with van der Waals surface area (Å²) < 4.78 is 0. The normalized spacial score (nSPS) is 12.0. The molecule has 2 aromatic carbocycles. The van der Waals surface area contributed by atoms with E-state index in [2.05, 4.69) is 5.32 Å². The van der Waals surface area contributed by atoms with Crippen LogP contribution in [0.15, 0.2) is 36.4 Å². The van der Waals surface area contributed by atoms with Crippen molar-refractivity contribution in [3.63, 3.8) is 0 Å². The number of hydrogen-bond donors (Lipinski definition) is 2. The average Bonchev–Trinajstić information content (AvgIpc) is 2.43. The van der Waals surface area contributed by atoms with Crippen molar-refractivity contribution in [1.82, 2.24) is 0 Å². The van der Waals surface area contributed by atoms with Crippen LogP contribution in [0.1, 0.15) is 29.2 Å². The summed E-state index contributed by atoms with van der Waals surface area (Å²) in [5.74, 6) is -0.254. The van der Waals surface area contributed by atoms with Gasteiger partial charge in [0.25, 0.3) is 0 Å². The summed E-state index contributed by atoms with van der Waals surface area (Å²) in [7, 11) is 0. The molecule has 0 saturated carbocycles. The summed E-state index contributed by atoms with van der Waals surface area (Å²) in [4.78, 5) is 12.1. The van der Waals surface area contributed by atoms with E-state index in [0.717, 1.165) is 16.8 Å². The molecule has 5 heteroatoms. The topological polar surface area (TPSA) is 49.3 Å². The predicted octanol–water partition coefficient (Wildman–Crippen LogP) is 4.67. The summed E-state index contributed by atoms with van der Waals surface area (Å²) >= 11 is 11.8. The van der Waals surface area contributed by atoms with Crippen LogP contribution >= 0.6 is 23.2 Å². The van der Waals surface area contributed by atoms with E-state index in [4.69, 9.17) is 23.2 Å². The molecule has 0 radical (unpaired) electrons. The molecule has 0 aromatic heterocycles. The molecular weight excluding hydrogens is 321 g/mol. The first-order valence-corrected chi connectivity index (χ1v) is 7.62. The lowest BCUT2D eigenvalue weighted by molar-refractivity contribution is -0.118. The van der Waals surface area contributed by atoms with Crippen molar-refractivity contribution in [3.8, 4) is 0 Å². The molecule has 0 heterocycles. The maximum atomic E-state index is 12.1. The molecule has 116 valence electrons. The molecule has 0 aliphatic rings. The highest BCUT2D eigenvalue weighted by Gasteiger charge is 2.15. The van der Waals surface area contributed by atoms with Gasteiger partial charge in [-0.15, -0.1) is 0 Å². The van der Waals surface area contributed by atoms with Gasteiger partial charge in [0.2, 0.25) is 5.91 Å². The molecule has 1 unspecified atom stereocenters. The number of aryl methyl sites for hydroxylation is 2. The van der Waals surface area contributed by atoms with Crippen molar-refractivity contribution in [3.05, 3.63) is 63.1 Å². The first-order chi connectivity index (χ1) is 10.4. The lowest BCUT2D eigenvalue weighted by atomic mass is 10.1. The number of carbonyl (C=O) groups is 1. The number of anilines is 1. The van der Waals surface area contributed by atoms with E-state index < -0.39 is 6.10 Å². The standard InChI is InChI=1S/C17H17Cl2NO2/c1-10-7-14(19)8-11(2)17(10)20-16(22)9-15(21)12-3-5-13(18)6-4-12/h3-8,15,21H,9H2,1-2H3,(H,20,22). The highest BCUT2D eigenvalue weighted by atomic mass is 35.5. The lowest BCUT2D eigenvalue weighted by Crippen LogP contribution is -2.17. The van der Waals surface area contributed by atoms with Crippen molar-refractivity contribution in [2.75, 3.05) is 5.32 Å². The Morgan fingerprint density at radius 2 is 1.64 bits per heavy atom. The third-order valence-electron chi connectivity index (χ3n) is 3.40. The predicted molar refractivity (Wildman–Crippen MR) is 90.6 cm³/mol. The number of hydrogen-bond acceptors (Lipinski definition) is 2. The smallest absolute Gasteiger partial charge is 0.227 e. The summed E-state index contributed by atoms with van der Waals surface area (Å²) in [6.45, 7) is 3.76. The van der Waals surface area contributed by atoms with Crippen molar-refractivity contribution in [1.29, 1.82) is 0 Å². The van der Waals surface area contributed by atoms with Crippen LogP contribution in [-0.4, -0.2) is 11.0 Å². The average molecular weight is 338 g/mol. The molecule has 0 bridgehead atoms. The molecular formula is C17H17Cl2NO2. The van der Waals surface area contributed by atoms with Crippen LogP contribution in [0.3, 0.4) is 0 Å². The Bertz CT molecular complexity index is 661. The van der Waals surface area contributed by atoms with Crippen LogP contribution in [0, 0.1) is 13.8 Å². The SMILES string of the molecule is Cc1cc(Cl)cc(C)c1NC(=O)CC(O)c1ccc(Cl)cc1. The molecule has 0 aliphatic heterocycles. The fourth-order valence-corrected chi connectivity index (χ4v) is 2.73. The minimum Gasteiger partial charge on any atom is -0.388 e. The van der Waals surface area contributed by atoms with Crippen LogP contribution < -0.4 is 5.32 Å². The molecule has 2 N–H and O–H groups in total. The highest BCUT2D eigenvalue weighted by Crippen LogP contribution is 2.26. The number of benzene rings is 2. The number of amides is 1.